The molecular weight excluding hydrogens is 354 g/mol. The van der Waals surface area contributed by atoms with E-state index in [1.165, 1.54) is 24.8 Å². The van der Waals surface area contributed by atoms with E-state index in [4.69, 9.17) is 0 Å². The lowest BCUT2D eigenvalue weighted by Crippen LogP contribution is -2.25. The van der Waals surface area contributed by atoms with Gasteiger partial charge in [-0.05, 0) is 11.5 Å². The summed E-state index contributed by atoms with van der Waals surface area (Å²) >= 11 is 1.32. The number of nitrogens with zero attached hydrogens (tertiary/aromatic N) is 3. The molecule has 0 aliphatic carbocycles. The SMILES string of the molecule is COC(=O)CC(C)(C)CC(=O)Nc1nc(-c2ncnc3[nH]ccc23)cs1. The van der Waals surface area contributed by atoms with Gasteiger partial charge in [0, 0.05) is 23.4 Å². The van der Waals surface area contributed by atoms with Crippen LogP contribution in [0.25, 0.3) is 22.4 Å². The lowest BCUT2D eigenvalue weighted by atomic mass is 9.85. The van der Waals surface area contributed by atoms with Gasteiger partial charge in [0.1, 0.15) is 23.4 Å². The molecule has 0 saturated heterocycles. The predicted molar refractivity (Wildman–Crippen MR) is 98.7 cm³/mol. The summed E-state index contributed by atoms with van der Waals surface area (Å²) in [6, 6.07) is 1.89. The molecule has 0 unspecified atom stereocenters. The van der Waals surface area contributed by atoms with Crippen LogP contribution >= 0.6 is 11.3 Å². The zero-order valence-corrected chi connectivity index (χ0v) is 15.5. The van der Waals surface area contributed by atoms with Crippen LogP contribution in [0.3, 0.4) is 0 Å². The monoisotopic (exact) mass is 373 g/mol. The third-order valence-corrected chi connectivity index (χ3v) is 4.59. The van der Waals surface area contributed by atoms with Crippen molar-refractivity contribution in [2.45, 2.75) is 26.7 Å². The van der Waals surface area contributed by atoms with Crippen molar-refractivity contribution < 1.29 is 14.3 Å². The number of amides is 1. The number of ether oxygens (including phenoxy) is 1. The fraction of sp³-hybridized carbons (Fsp3) is 0.353. The summed E-state index contributed by atoms with van der Waals surface area (Å²) in [5, 5.41) is 5.98. The smallest absolute Gasteiger partial charge is 0.306 e. The van der Waals surface area contributed by atoms with E-state index >= 15 is 0 Å². The van der Waals surface area contributed by atoms with Gasteiger partial charge in [0.2, 0.25) is 5.91 Å². The average Bonchev–Trinajstić information content (AvgIpc) is 3.22. The molecule has 3 rings (SSSR count). The summed E-state index contributed by atoms with van der Waals surface area (Å²) in [5.41, 5.74) is 1.62. The Morgan fingerprint density at radius 1 is 1.31 bits per heavy atom. The molecular formula is C17H19N5O3S. The van der Waals surface area contributed by atoms with Crippen molar-refractivity contribution in [3.05, 3.63) is 24.0 Å². The Kier molecular flexibility index (Phi) is 4.99. The average molecular weight is 373 g/mol. The molecule has 2 N–H and O–H groups in total. The number of thiazole rings is 1. The van der Waals surface area contributed by atoms with Crippen molar-refractivity contribution in [2.24, 2.45) is 5.41 Å². The summed E-state index contributed by atoms with van der Waals surface area (Å²) in [4.78, 5) is 39.6. The predicted octanol–water partition coefficient (Wildman–Crippen LogP) is 3.00. The number of methoxy groups -OCH3 is 1. The molecule has 26 heavy (non-hydrogen) atoms. The van der Waals surface area contributed by atoms with Gasteiger partial charge < -0.3 is 15.0 Å². The normalized spacial score (nSPS) is 11.5. The largest absolute Gasteiger partial charge is 0.469 e. The van der Waals surface area contributed by atoms with E-state index in [1.54, 1.807) is 6.20 Å². The van der Waals surface area contributed by atoms with Crippen LogP contribution in [0.15, 0.2) is 24.0 Å². The van der Waals surface area contributed by atoms with Crippen molar-refractivity contribution in [1.29, 1.82) is 0 Å². The molecule has 0 aliphatic rings. The minimum Gasteiger partial charge on any atom is -0.469 e. The first kappa shape index (κ1) is 18.0. The highest BCUT2D eigenvalue weighted by Crippen LogP contribution is 2.29. The molecule has 0 bridgehead atoms. The minimum atomic E-state index is -0.499. The molecule has 0 fully saturated rings. The maximum Gasteiger partial charge on any atom is 0.306 e. The number of H-pyrrole nitrogens is 1. The molecule has 0 radical (unpaired) electrons. The highest BCUT2D eigenvalue weighted by atomic mass is 32.1. The van der Waals surface area contributed by atoms with Crippen molar-refractivity contribution in [2.75, 3.05) is 12.4 Å². The Balaban J connectivity index is 1.70. The lowest BCUT2D eigenvalue weighted by molar-refractivity contribution is -0.143. The number of anilines is 1. The van der Waals surface area contributed by atoms with Crippen LogP contribution in [0.5, 0.6) is 0 Å². The molecule has 0 aromatic carbocycles. The molecule has 0 saturated carbocycles. The van der Waals surface area contributed by atoms with E-state index in [-0.39, 0.29) is 24.7 Å². The number of carbonyl (C=O) groups excluding carboxylic acids is 2. The number of rotatable bonds is 6. The van der Waals surface area contributed by atoms with Gasteiger partial charge in [-0.1, -0.05) is 13.8 Å². The van der Waals surface area contributed by atoms with Gasteiger partial charge in [-0.25, -0.2) is 15.0 Å². The van der Waals surface area contributed by atoms with E-state index < -0.39 is 5.41 Å². The molecule has 1 amide bonds. The number of aromatic nitrogens is 4. The van der Waals surface area contributed by atoms with Gasteiger partial charge in [-0.3, -0.25) is 9.59 Å². The Labute approximate surface area is 154 Å². The maximum atomic E-state index is 12.3. The second-order valence-corrected chi connectivity index (χ2v) is 7.50. The molecule has 3 aromatic heterocycles. The Morgan fingerprint density at radius 2 is 2.12 bits per heavy atom. The summed E-state index contributed by atoms with van der Waals surface area (Å²) in [5.74, 6) is -0.534. The zero-order chi connectivity index (χ0) is 18.7. The van der Waals surface area contributed by atoms with Gasteiger partial charge in [0.15, 0.2) is 5.13 Å². The molecule has 0 aliphatic heterocycles. The highest BCUT2D eigenvalue weighted by Gasteiger charge is 2.26. The van der Waals surface area contributed by atoms with Crippen LogP contribution < -0.4 is 5.32 Å². The lowest BCUT2D eigenvalue weighted by Gasteiger charge is -2.21. The quantitative estimate of drug-likeness (QED) is 0.643. The Hall–Kier alpha value is -2.81. The third kappa shape index (κ3) is 4.05. The molecule has 9 heteroatoms. The van der Waals surface area contributed by atoms with Crippen LogP contribution in [0.4, 0.5) is 5.13 Å². The number of aromatic amines is 1. The van der Waals surface area contributed by atoms with Gasteiger partial charge in [0.25, 0.3) is 0 Å². The van der Waals surface area contributed by atoms with Crippen molar-refractivity contribution >= 4 is 39.4 Å². The van der Waals surface area contributed by atoms with E-state index in [0.717, 1.165) is 11.0 Å². The van der Waals surface area contributed by atoms with Gasteiger partial charge in [-0.2, -0.15) is 0 Å². The van der Waals surface area contributed by atoms with Crippen molar-refractivity contribution in [3.63, 3.8) is 0 Å². The molecule has 0 atom stereocenters. The first-order valence-corrected chi connectivity index (χ1v) is 8.86. The number of esters is 1. The number of fused-ring (bicyclic) bond motifs is 1. The Bertz CT molecular complexity index is 947. The molecule has 3 aromatic rings. The topological polar surface area (TPSA) is 110 Å². The Morgan fingerprint density at radius 3 is 2.88 bits per heavy atom. The highest BCUT2D eigenvalue weighted by molar-refractivity contribution is 7.14. The first-order chi connectivity index (χ1) is 12.4. The third-order valence-electron chi connectivity index (χ3n) is 3.84. The number of hydrogen-bond acceptors (Lipinski definition) is 7. The summed E-state index contributed by atoms with van der Waals surface area (Å²) in [6.07, 6.45) is 3.63. The number of carbonyl (C=O) groups is 2. The molecule has 3 heterocycles. The van der Waals surface area contributed by atoms with Gasteiger partial charge >= 0.3 is 5.97 Å². The van der Waals surface area contributed by atoms with Crippen molar-refractivity contribution in [3.8, 4) is 11.4 Å². The molecule has 136 valence electrons. The summed E-state index contributed by atoms with van der Waals surface area (Å²) in [7, 11) is 1.34. The van der Waals surface area contributed by atoms with Crippen LogP contribution in [0, 0.1) is 5.41 Å². The summed E-state index contributed by atoms with van der Waals surface area (Å²) < 4.78 is 4.67. The maximum absolute atomic E-state index is 12.3. The van der Waals surface area contributed by atoms with E-state index in [1.807, 2.05) is 25.3 Å². The fourth-order valence-corrected chi connectivity index (χ4v) is 3.35. The number of nitrogens with one attached hydrogen (secondary N) is 2. The van der Waals surface area contributed by atoms with Crippen LogP contribution in [-0.4, -0.2) is 38.9 Å². The molecule has 8 nitrogen and oxygen atoms in total. The van der Waals surface area contributed by atoms with E-state index in [2.05, 4.69) is 30.0 Å². The van der Waals surface area contributed by atoms with Crippen LogP contribution in [0.2, 0.25) is 0 Å². The second kappa shape index (κ2) is 7.20. The fourth-order valence-electron chi connectivity index (χ4n) is 2.64. The molecule has 0 spiro atoms. The van der Waals surface area contributed by atoms with E-state index in [9.17, 15) is 9.59 Å². The van der Waals surface area contributed by atoms with Crippen LogP contribution in [0.1, 0.15) is 26.7 Å². The van der Waals surface area contributed by atoms with E-state index in [0.29, 0.717) is 16.5 Å². The summed E-state index contributed by atoms with van der Waals surface area (Å²) in [6.45, 7) is 3.70. The van der Waals surface area contributed by atoms with Crippen LogP contribution in [-0.2, 0) is 14.3 Å². The number of hydrogen-bond donors (Lipinski definition) is 2. The minimum absolute atomic E-state index is 0.173. The van der Waals surface area contributed by atoms with Crippen molar-refractivity contribution in [1.82, 2.24) is 19.9 Å². The van der Waals surface area contributed by atoms with Gasteiger partial charge in [-0.15, -0.1) is 11.3 Å². The second-order valence-electron chi connectivity index (χ2n) is 6.64. The van der Waals surface area contributed by atoms with Gasteiger partial charge in [0.05, 0.1) is 13.5 Å². The first-order valence-electron chi connectivity index (χ1n) is 7.98. The zero-order valence-electron chi connectivity index (χ0n) is 14.7. The standard InChI is InChI=1S/C17H19N5O3S/c1-17(2,7-13(24)25-3)6-12(23)22-16-21-11(8-26-16)14-10-4-5-18-15(10)20-9-19-14/h4-5,8-9H,6-7H2,1-3H3,(H,18,19,20)(H,21,22,23).